The van der Waals surface area contributed by atoms with Crippen molar-refractivity contribution in [1.82, 2.24) is 4.37 Å². The second-order valence-electron chi connectivity index (χ2n) is 6.65. The van der Waals surface area contributed by atoms with Gasteiger partial charge in [-0.1, -0.05) is 37.3 Å². The number of carboxylic acids is 1. The number of hydrogen-bond acceptors (Lipinski definition) is 4. The Kier molecular flexibility index (Phi) is 7.10. The number of hydrogen-bond donors (Lipinski definition) is 1. The van der Waals surface area contributed by atoms with Crippen LogP contribution in [0.25, 0.3) is 11.3 Å². The van der Waals surface area contributed by atoms with Crippen molar-refractivity contribution in [3.63, 3.8) is 0 Å². The number of rotatable bonds is 9. The summed E-state index contributed by atoms with van der Waals surface area (Å²) in [5, 5.41) is 8.70. The molecule has 0 bridgehead atoms. The van der Waals surface area contributed by atoms with Crippen molar-refractivity contribution in [3.8, 4) is 17.0 Å². The molecule has 0 aliphatic rings. The molecule has 1 aromatic heterocycles. The molecule has 0 fully saturated rings. The van der Waals surface area contributed by atoms with E-state index < -0.39 is 24.3 Å². The Balaban J connectivity index is 1.82. The van der Waals surface area contributed by atoms with Gasteiger partial charge in [0.2, 0.25) is 5.82 Å². The van der Waals surface area contributed by atoms with Crippen molar-refractivity contribution in [2.75, 3.05) is 0 Å². The molecule has 0 saturated carbocycles. The van der Waals surface area contributed by atoms with Crippen LogP contribution < -0.4 is 4.74 Å². The van der Waals surface area contributed by atoms with Crippen molar-refractivity contribution < 1.29 is 27.8 Å². The highest BCUT2D eigenvalue weighted by Crippen LogP contribution is 2.32. The SMILES string of the molecule is CCc1ccc(-c2nsc(CF)c2COc2ccc(CCC(=O)O)c(F)c2F)cc1. The lowest BCUT2D eigenvalue weighted by Crippen LogP contribution is -2.05. The van der Waals surface area contributed by atoms with Crippen molar-refractivity contribution in [2.24, 2.45) is 0 Å². The first-order valence-corrected chi connectivity index (χ1v) is 10.2. The lowest BCUT2D eigenvalue weighted by Gasteiger charge is -2.11. The van der Waals surface area contributed by atoms with Crippen molar-refractivity contribution in [2.45, 2.75) is 39.5 Å². The third kappa shape index (κ3) is 4.81. The summed E-state index contributed by atoms with van der Waals surface area (Å²) in [6.07, 6.45) is 0.449. The van der Waals surface area contributed by atoms with Crippen LogP contribution in [0.4, 0.5) is 13.2 Å². The number of aryl methyl sites for hydroxylation is 2. The van der Waals surface area contributed by atoms with Gasteiger partial charge in [0.05, 0.1) is 10.6 Å². The molecule has 1 heterocycles. The van der Waals surface area contributed by atoms with E-state index in [1.807, 2.05) is 31.2 Å². The minimum Gasteiger partial charge on any atom is -0.486 e. The van der Waals surface area contributed by atoms with Gasteiger partial charge in [0, 0.05) is 17.5 Å². The number of ether oxygens (including phenoxy) is 1. The van der Waals surface area contributed by atoms with E-state index in [4.69, 9.17) is 9.84 Å². The fourth-order valence-electron chi connectivity index (χ4n) is 2.99. The first-order chi connectivity index (χ1) is 14.4. The van der Waals surface area contributed by atoms with Gasteiger partial charge in [0.1, 0.15) is 13.3 Å². The fraction of sp³-hybridized carbons (Fsp3) is 0.273. The predicted molar refractivity (Wildman–Crippen MR) is 108 cm³/mol. The average molecular weight is 435 g/mol. The van der Waals surface area contributed by atoms with Crippen molar-refractivity contribution in [3.05, 3.63) is 69.6 Å². The quantitative estimate of drug-likeness (QED) is 0.467. The monoisotopic (exact) mass is 435 g/mol. The zero-order valence-electron chi connectivity index (χ0n) is 16.3. The van der Waals surface area contributed by atoms with E-state index >= 15 is 0 Å². The van der Waals surface area contributed by atoms with Gasteiger partial charge in [-0.25, -0.2) is 8.78 Å². The van der Waals surface area contributed by atoms with Gasteiger partial charge in [-0.3, -0.25) is 4.79 Å². The van der Waals surface area contributed by atoms with Crippen LogP contribution in [-0.2, 0) is 30.9 Å². The number of aromatic nitrogens is 1. The Bertz CT molecular complexity index is 1030. The van der Waals surface area contributed by atoms with Gasteiger partial charge >= 0.3 is 5.97 Å². The number of benzene rings is 2. The molecule has 0 saturated heterocycles. The molecule has 0 atom stereocenters. The lowest BCUT2D eigenvalue weighted by atomic mass is 10.0. The topological polar surface area (TPSA) is 59.4 Å². The van der Waals surface area contributed by atoms with Crippen LogP contribution in [0.2, 0.25) is 0 Å². The molecule has 0 unspecified atom stereocenters. The van der Waals surface area contributed by atoms with E-state index in [9.17, 15) is 18.0 Å². The number of aliphatic carboxylic acids is 1. The highest BCUT2D eigenvalue weighted by Gasteiger charge is 2.19. The number of carbonyl (C=O) groups is 1. The van der Waals surface area contributed by atoms with E-state index in [0.717, 1.165) is 29.1 Å². The number of halogens is 3. The summed E-state index contributed by atoms with van der Waals surface area (Å²) in [4.78, 5) is 11.0. The zero-order valence-corrected chi connectivity index (χ0v) is 17.1. The van der Waals surface area contributed by atoms with Gasteiger partial charge in [-0.2, -0.15) is 8.76 Å². The maximum atomic E-state index is 14.4. The molecule has 158 valence electrons. The van der Waals surface area contributed by atoms with Crippen molar-refractivity contribution in [1.29, 1.82) is 0 Å². The molecular weight excluding hydrogens is 415 g/mol. The summed E-state index contributed by atoms with van der Waals surface area (Å²) < 4.78 is 51.8. The van der Waals surface area contributed by atoms with E-state index in [2.05, 4.69) is 4.37 Å². The summed E-state index contributed by atoms with van der Waals surface area (Å²) in [5.41, 5.74) is 2.94. The summed E-state index contributed by atoms with van der Waals surface area (Å²) >= 11 is 1.01. The molecule has 8 heteroatoms. The molecule has 3 rings (SSSR count). The molecule has 30 heavy (non-hydrogen) atoms. The third-order valence-electron chi connectivity index (χ3n) is 4.73. The Labute approximate surface area is 176 Å². The first-order valence-electron chi connectivity index (χ1n) is 9.38. The maximum Gasteiger partial charge on any atom is 0.303 e. The summed E-state index contributed by atoms with van der Waals surface area (Å²) in [5.74, 6) is -3.76. The largest absolute Gasteiger partial charge is 0.486 e. The third-order valence-corrected chi connectivity index (χ3v) is 5.58. The van der Waals surface area contributed by atoms with E-state index in [1.54, 1.807) is 0 Å². The summed E-state index contributed by atoms with van der Waals surface area (Å²) in [6, 6.07) is 10.2. The average Bonchev–Trinajstić information content (AvgIpc) is 3.17. The second-order valence-corrected chi connectivity index (χ2v) is 7.51. The minimum atomic E-state index is -1.20. The second kappa shape index (κ2) is 9.75. The highest BCUT2D eigenvalue weighted by atomic mass is 32.1. The van der Waals surface area contributed by atoms with Crippen LogP contribution in [0.15, 0.2) is 36.4 Å². The molecule has 4 nitrogen and oxygen atoms in total. The first kappa shape index (κ1) is 21.8. The fourth-order valence-corrected chi connectivity index (χ4v) is 3.72. The normalized spacial score (nSPS) is 10.9. The standard InChI is InChI=1S/C22H20F3NO3S/c1-2-13-3-5-15(6-4-13)22-16(18(11-23)30-26-22)12-29-17-9-7-14(8-10-19(27)28)20(24)21(17)25/h3-7,9H,2,8,10-12H2,1H3,(H,27,28). The van der Waals surface area contributed by atoms with Crippen LogP contribution in [0.3, 0.4) is 0 Å². The Hall–Kier alpha value is -2.87. The molecular formula is C22H20F3NO3S. The Morgan fingerprint density at radius 3 is 2.50 bits per heavy atom. The molecule has 0 amide bonds. The van der Waals surface area contributed by atoms with Crippen LogP contribution in [0.1, 0.15) is 34.9 Å². The predicted octanol–water partition coefficient (Wildman–Crippen LogP) is 5.72. The maximum absolute atomic E-state index is 14.4. The van der Waals surface area contributed by atoms with Gasteiger partial charge in [0.25, 0.3) is 0 Å². The van der Waals surface area contributed by atoms with Crippen LogP contribution >= 0.6 is 11.5 Å². The number of carboxylic acid groups (broad SMARTS) is 1. The molecule has 0 spiro atoms. The van der Waals surface area contributed by atoms with Crippen LogP contribution in [0.5, 0.6) is 5.75 Å². The molecule has 0 aliphatic heterocycles. The Morgan fingerprint density at radius 2 is 1.87 bits per heavy atom. The van der Waals surface area contributed by atoms with Gasteiger partial charge in [-0.05, 0) is 41.6 Å². The van der Waals surface area contributed by atoms with Crippen LogP contribution in [0, 0.1) is 11.6 Å². The summed E-state index contributed by atoms with van der Waals surface area (Å²) in [6.45, 7) is 1.12. The lowest BCUT2D eigenvalue weighted by molar-refractivity contribution is -0.136. The van der Waals surface area contributed by atoms with Crippen molar-refractivity contribution >= 4 is 17.5 Å². The number of nitrogens with zero attached hydrogens (tertiary/aromatic N) is 1. The van der Waals surface area contributed by atoms with Gasteiger partial charge in [0.15, 0.2) is 11.6 Å². The molecule has 1 N–H and O–H groups in total. The van der Waals surface area contributed by atoms with E-state index in [0.29, 0.717) is 16.1 Å². The zero-order chi connectivity index (χ0) is 21.7. The smallest absolute Gasteiger partial charge is 0.303 e. The van der Waals surface area contributed by atoms with Gasteiger partial charge in [-0.15, -0.1) is 0 Å². The van der Waals surface area contributed by atoms with E-state index in [1.165, 1.54) is 12.1 Å². The molecule has 3 aromatic rings. The highest BCUT2D eigenvalue weighted by molar-refractivity contribution is 7.06. The van der Waals surface area contributed by atoms with E-state index in [-0.39, 0.29) is 30.8 Å². The Morgan fingerprint density at radius 1 is 1.13 bits per heavy atom. The summed E-state index contributed by atoms with van der Waals surface area (Å²) in [7, 11) is 0. The van der Waals surface area contributed by atoms with Gasteiger partial charge < -0.3 is 9.84 Å². The molecule has 0 radical (unpaired) electrons. The number of alkyl halides is 1. The minimum absolute atomic E-state index is 0.0411. The molecule has 2 aromatic carbocycles. The van der Waals surface area contributed by atoms with Crippen LogP contribution in [-0.4, -0.2) is 15.4 Å². The molecule has 0 aliphatic carbocycles.